The van der Waals surface area contributed by atoms with Gasteiger partial charge in [-0.2, -0.15) is 0 Å². The van der Waals surface area contributed by atoms with Crippen molar-refractivity contribution in [1.82, 2.24) is 20.9 Å². The summed E-state index contributed by atoms with van der Waals surface area (Å²) in [5.74, 6) is 2.95. The van der Waals surface area contributed by atoms with Crippen molar-refractivity contribution in [2.75, 3.05) is 46.9 Å². The third-order valence-corrected chi connectivity index (χ3v) is 6.15. The number of aliphatic imine (C=N–C) groups is 1. The molecule has 178 valence electrons. The number of carbonyl (C=O) groups is 1. The lowest BCUT2D eigenvalue weighted by Crippen LogP contribution is -2.44. The lowest BCUT2D eigenvalue weighted by Gasteiger charge is -2.23. The topological polar surface area (TPSA) is 87.2 Å². The molecule has 1 aromatic carbocycles. The van der Waals surface area contributed by atoms with Crippen LogP contribution in [0.1, 0.15) is 44.6 Å². The van der Waals surface area contributed by atoms with Crippen molar-refractivity contribution >= 4 is 11.9 Å². The van der Waals surface area contributed by atoms with Gasteiger partial charge in [-0.3, -0.25) is 14.7 Å². The molecule has 1 amide bonds. The van der Waals surface area contributed by atoms with E-state index >= 15 is 0 Å². The summed E-state index contributed by atoms with van der Waals surface area (Å²) in [6, 6.07) is 6.39. The number of benzene rings is 1. The first-order valence-corrected chi connectivity index (χ1v) is 11.9. The van der Waals surface area contributed by atoms with Gasteiger partial charge in [-0.1, -0.05) is 6.42 Å². The largest absolute Gasteiger partial charge is 0.497 e. The van der Waals surface area contributed by atoms with Gasteiger partial charge < -0.3 is 25.4 Å². The van der Waals surface area contributed by atoms with Crippen LogP contribution in [-0.4, -0.2) is 69.8 Å². The number of guanidine groups is 1. The van der Waals surface area contributed by atoms with Crippen LogP contribution in [0.4, 0.5) is 0 Å². The fourth-order valence-electron chi connectivity index (χ4n) is 4.12. The van der Waals surface area contributed by atoms with Crippen molar-refractivity contribution in [2.24, 2.45) is 10.9 Å². The lowest BCUT2D eigenvalue weighted by molar-refractivity contribution is -0.127. The highest BCUT2D eigenvalue weighted by atomic mass is 16.5. The zero-order chi connectivity index (χ0) is 22.8. The molecule has 1 aromatic rings. The zero-order valence-corrected chi connectivity index (χ0v) is 19.8. The Morgan fingerprint density at radius 2 is 1.88 bits per heavy atom. The minimum absolute atomic E-state index is 0.213. The molecular weight excluding hydrogens is 406 g/mol. The van der Waals surface area contributed by atoms with E-state index in [0.29, 0.717) is 19.1 Å². The first-order valence-electron chi connectivity index (χ1n) is 11.9. The van der Waals surface area contributed by atoms with Crippen LogP contribution in [0.5, 0.6) is 11.5 Å². The monoisotopic (exact) mass is 445 g/mol. The van der Waals surface area contributed by atoms with Crippen LogP contribution < -0.4 is 25.4 Å². The molecule has 1 unspecified atom stereocenters. The fourth-order valence-corrected chi connectivity index (χ4v) is 4.12. The van der Waals surface area contributed by atoms with Crippen molar-refractivity contribution in [1.29, 1.82) is 0 Å². The van der Waals surface area contributed by atoms with Gasteiger partial charge >= 0.3 is 0 Å². The van der Waals surface area contributed by atoms with Crippen LogP contribution in [0, 0.1) is 5.92 Å². The highest BCUT2D eigenvalue weighted by molar-refractivity contribution is 5.80. The third kappa shape index (κ3) is 7.29. The summed E-state index contributed by atoms with van der Waals surface area (Å²) in [5, 5.41) is 9.95. The SMILES string of the molecule is CCNC(=NCCCNC(=O)C1CCC1)NC1CCN(Cc2cc(OC)cc(OC)c2)C1. The van der Waals surface area contributed by atoms with E-state index in [1.54, 1.807) is 14.2 Å². The average molecular weight is 446 g/mol. The number of nitrogens with one attached hydrogen (secondary N) is 3. The van der Waals surface area contributed by atoms with Gasteiger partial charge in [-0.05, 0) is 50.3 Å². The molecular formula is C24H39N5O3. The molecule has 1 saturated heterocycles. The molecule has 2 fully saturated rings. The Morgan fingerprint density at radius 1 is 1.12 bits per heavy atom. The smallest absolute Gasteiger partial charge is 0.223 e. The Balaban J connectivity index is 1.42. The van der Waals surface area contributed by atoms with Gasteiger partial charge in [0, 0.05) is 57.3 Å². The van der Waals surface area contributed by atoms with Crippen molar-refractivity contribution in [3.8, 4) is 11.5 Å². The number of hydrogen-bond acceptors (Lipinski definition) is 5. The molecule has 0 radical (unpaired) electrons. The van der Waals surface area contributed by atoms with E-state index in [9.17, 15) is 4.79 Å². The van der Waals surface area contributed by atoms with Crippen molar-refractivity contribution in [2.45, 2.75) is 51.6 Å². The van der Waals surface area contributed by atoms with Gasteiger partial charge in [-0.25, -0.2) is 0 Å². The molecule has 32 heavy (non-hydrogen) atoms. The zero-order valence-electron chi connectivity index (χ0n) is 19.8. The van der Waals surface area contributed by atoms with E-state index in [-0.39, 0.29) is 11.8 Å². The number of hydrogen-bond donors (Lipinski definition) is 3. The minimum Gasteiger partial charge on any atom is -0.497 e. The predicted octanol–water partition coefficient (Wildman–Crippen LogP) is 2.14. The lowest BCUT2D eigenvalue weighted by atomic mass is 9.85. The summed E-state index contributed by atoms with van der Waals surface area (Å²) in [6.45, 7) is 7.14. The molecule has 0 aromatic heterocycles. The first-order chi connectivity index (χ1) is 15.6. The number of methoxy groups -OCH3 is 2. The number of amides is 1. The molecule has 1 saturated carbocycles. The van der Waals surface area contributed by atoms with Gasteiger partial charge in [0.1, 0.15) is 11.5 Å². The molecule has 0 bridgehead atoms. The van der Waals surface area contributed by atoms with Crippen LogP contribution in [0.25, 0.3) is 0 Å². The maximum atomic E-state index is 11.9. The molecule has 3 N–H and O–H groups in total. The van der Waals surface area contributed by atoms with Crippen LogP contribution in [0.15, 0.2) is 23.2 Å². The maximum absolute atomic E-state index is 11.9. The van der Waals surface area contributed by atoms with E-state index < -0.39 is 0 Å². The number of rotatable bonds is 11. The molecule has 1 aliphatic heterocycles. The predicted molar refractivity (Wildman–Crippen MR) is 127 cm³/mol. The van der Waals surface area contributed by atoms with Crippen molar-refractivity contribution < 1.29 is 14.3 Å². The Kier molecular flexibility index (Phi) is 9.46. The molecule has 1 heterocycles. The summed E-state index contributed by atoms with van der Waals surface area (Å²) in [4.78, 5) is 19.0. The molecule has 3 rings (SSSR count). The van der Waals surface area contributed by atoms with Crippen LogP contribution in [0.3, 0.4) is 0 Å². The van der Waals surface area contributed by atoms with Gasteiger partial charge in [0.2, 0.25) is 5.91 Å². The van der Waals surface area contributed by atoms with Gasteiger partial charge in [0.25, 0.3) is 0 Å². The van der Waals surface area contributed by atoms with E-state index in [0.717, 1.165) is 69.3 Å². The molecule has 8 heteroatoms. The van der Waals surface area contributed by atoms with E-state index in [1.807, 2.05) is 6.07 Å². The number of nitrogens with zero attached hydrogens (tertiary/aromatic N) is 2. The second-order valence-electron chi connectivity index (χ2n) is 8.62. The van der Waals surface area contributed by atoms with Crippen molar-refractivity contribution in [3.05, 3.63) is 23.8 Å². The molecule has 8 nitrogen and oxygen atoms in total. The quantitative estimate of drug-likeness (QED) is 0.275. The Labute approximate surface area is 192 Å². The Hall–Kier alpha value is -2.48. The number of ether oxygens (including phenoxy) is 2. The van der Waals surface area contributed by atoms with Gasteiger partial charge in [0.05, 0.1) is 14.2 Å². The van der Waals surface area contributed by atoms with Gasteiger partial charge in [0.15, 0.2) is 5.96 Å². The minimum atomic E-state index is 0.213. The number of carbonyl (C=O) groups excluding carboxylic acids is 1. The first kappa shape index (κ1) is 24.2. The fraction of sp³-hybridized carbons (Fsp3) is 0.667. The normalized spacial score (nSPS) is 19.3. The second kappa shape index (κ2) is 12.5. The summed E-state index contributed by atoms with van der Waals surface area (Å²) < 4.78 is 10.8. The second-order valence-corrected chi connectivity index (χ2v) is 8.62. The van der Waals surface area contributed by atoms with E-state index in [2.05, 4.69) is 39.9 Å². The van der Waals surface area contributed by atoms with E-state index in [1.165, 1.54) is 12.0 Å². The van der Waals surface area contributed by atoms with Gasteiger partial charge in [-0.15, -0.1) is 0 Å². The Bertz CT molecular complexity index is 744. The van der Waals surface area contributed by atoms with Crippen molar-refractivity contribution in [3.63, 3.8) is 0 Å². The van der Waals surface area contributed by atoms with Crippen LogP contribution in [0.2, 0.25) is 0 Å². The molecule has 1 atom stereocenters. The summed E-state index contributed by atoms with van der Waals surface area (Å²) in [6.07, 6.45) is 5.20. The molecule has 1 aliphatic carbocycles. The number of likely N-dealkylation sites (tertiary alicyclic amines) is 1. The summed E-state index contributed by atoms with van der Waals surface area (Å²) in [5.41, 5.74) is 1.19. The van der Waals surface area contributed by atoms with Crippen LogP contribution >= 0.6 is 0 Å². The average Bonchev–Trinajstić information content (AvgIpc) is 3.18. The standard InChI is InChI=1S/C24H39N5O3/c1-4-25-24(27-11-6-10-26-23(30)19-7-5-8-19)28-20-9-12-29(17-20)16-18-13-21(31-2)15-22(14-18)32-3/h13-15,19-20H,4-12,16-17H2,1-3H3,(H,26,30)(H2,25,27,28). The third-order valence-electron chi connectivity index (χ3n) is 6.15. The van der Waals surface area contributed by atoms with E-state index in [4.69, 9.17) is 14.5 Å². The highest BCUT2D eigenvalue weighted by Gasteiger charge is 2.25. The maximum Gasteiger partial charge on any atom is 0.223 e. The molecule has 0 spiro atoms. The Morgan fingerprint density at radius 3 is 2.50 bits per heavy atom. The molecule has 2 aliphatic rings. The van der Waals surface area contributed by atoms with Crippen LogP contribution in [-0.2, 0) is 11.3 Å². The summed E-state index contributed by atoms with van der Waals surface area (Å²) >= 11 is 0. The highest BCUT2D eigenvalue weighted by Crippen LogP contribution is 2.26. The summed E-state index contributed by atoms with van der Waals surface area (Å²) in [7, 11) is 3.36.